The van der Waals surface area contributed by atoms with Crippen LogP contribution in [0.1, 0.15) is 90.4 Å². The normalized spacial score (nSPS) is 23.6. The van der Waals surface area contributed by atoms with E-state index in [1.165, 1.54) is 70.6 Å². The molecule has 1 fully saturated rings. The third-order valence-corrected chi connectivity index (χ3v) is 5.47. The molecule has 0 bridgehead atoms. The summed E-state index contributed by atoms with van der Waals surface area (Å²) >= 11 is 0. The summed E-state index contributed by atoms with van der Waals surface area (Å²) in [6.07, 6.45) is 18.1. The number of hydrogen-bond acceptors (Lipinski definition) is 5. The zero-order chi connectivity index (χ0) is 20.5. The van der Waals surface area contributed by atoms with Gasteiger partial charge in [0, 0.05) is 6.61 Å². The van der Waals surface area contributed by atoms with Gasteiger partial charge in [-0.2, -0.15) is 0 Å². The molecule has 166 valence electrons. The predicted octanol–water partition coefficient (Wildman–Crippen LogP) is 4.13. The molecule has 1 aliphatic rings. The molecule has 28 heavy (non-hydrogen) atoms. The number of rotatable bonds is 18. The minimum atomic E-state index is -1.05. The molecule has 1 aliphatic heterocycles. The predicted molar refractivity (Wildman–Crippen MR) is 113 cm³/mol. The molecule has 0 saturated carbocycles. The van der Waals surface area contributed by atoms with Crippen LogP contribution in [-0.4, -0.2) is 59.6 Å². The van der Waals surface area contributed by atoms with Crippen molar-refractivity contribution in [3.8, 4) is 0 Å². The summed E-state index contributed by atoms with van der Waals surface area (Å²) in [6, 6.07) is 0. The van der Waals surface area contributed by atoms with Crippen molar-refractivity contribution in [2.45, 2.75) is 115 Å². The fraction of sp³-hybridized carbons (Fsp3) is 0.913. The highest BCUT2D eigenvalue weighted by atomic mass is 16.6. The second-order valence-electron chi connectivity index (χ2n) is 8.03. The van der Waals surface area contributed by atoms with Gasteiger partial charge in [-0.15, -0.1) is 0 Å². The van der Waals surface area contributed by atoms with Crippen LogP contribution < -0.4 is 0 Å². The van der Waals surface area contributed by atoms with Gasteiger partial charge in [0.2, 0.25) is 0 Å². The fourth-order valence-electron chi connectivity index (χ4n) is 3.61. The number of ether oxygens (including phenoxy) is 2. The summed E-state index contributed by atoms with van der Waals surface area (Å²) in [5.41, 5.74) is 0. The molecular formula is C23H44O5. The van der Waals surface area contributed by atoms with E-state index in [1.54, 1.807) is 0 Å². The van der Waals surface area contributed by atoms with Crippen molar-refractivity contribution in [3.05, 3.63) is 12.2 Å². The van der Waals surface area contributed by atoms with Crippen LogP contribution in [0.25, 0.3) is 0 Å². The van der Waals surface area contributed by atoms with Crippen molar-refractivity contribution in [2.75, 3.05) is 19.8 Å². The highest BCUT2D eigenvalue weighted by Crippen LogP contribution is 2.20. The lowest BCUT2D eigenvalue weighted by Crippen LogP contribution is -2.41. The number of aliphatic hydroxyl groups excluding tert-OH is 3. The van der Waals surface area contributed by atoms with Crippen molar-refractivity contribution in [2.24, 2.45) is 0 Å². The van der Waals surface area contributed by atoms with E-state index >= 15 is 0 Å². The number of unbranched alkanes of at least 4 members (excludes halogenated alkanes) is 11. The van der Waals surface area contributed by atoms with E-state index in [4.69, 9.17) is 14.6 Å². The van der Waals surface area contributed by atoms with E-state index < -0.39 is 31.0 Å². The van der Waals surface area contributed by atoms with E-state index in [1.807, 2.05) is 0 Å². The molecule has 0 unspecified atom stereocenters. The molecule has 0 radical (unpaired) electrons. The molecule has 5 nitrogen and oxygen atoms in total. The average Bonchev–Trinajstić information content (AvgIpc) is 3.07. The summed E-state index contributed by atoms with van der Waals surface area (Å²) in [6.45, 7) is 2.72. The van der Waals surface area contributed by atoms with Gasteiger partial charge in [-0.05, 0) is 32.1 Å². The van der Waals surface area contributed by atoms with E-state index in [-0.39, 0.29) is 6.61 Å². The molecule has 0 aliphatic carbocycles. The van der Waals surface area contributed by atoms with E-state index in [9.17, 15) is 10.2 Å². The van der Waals surface area contributed by atoms with Crippen LogP contribution in [-0.2, 0) is 9.47 Å². The van der Waals surface area contributed by atoms with Gasteiger partial charge in [0.05, 0.1) is 13.2 Å². The Morgan fingerprint density at radius 3 is 2.11 bits per heavy atom. The molecule has 0 spiro atoms. The van der Waals surface area contributed by atoms with Gasteiger partial charge in [-0.1, -0.05) is 70.4 Å². The maximum absolute atomic E-state index is 10.1. The smallest absolute Gasteiger partial charge is 0.114 e. The maximum Gasteiger partial charge on any atom is 0.114 e. The highest BCUT2D eigenvalue weighted by molar-refractivity contribution is 4.88. The van der Waals surface area contributed by atoms with Crippen LogP contribution in [0.4, 0.5) is 0 Å². The zero-order valence-electron chi connectivity index (χ0n) is 17.9. The molecule has 0 aromatic heterocycles. The Bertz CT molecular complexity index is 374. The molecule has 1 saturated heterocycles. The van der Waals surface area contributed by atoms with Gasteiger partial charge in [-0.3, -0.25) is 0 Å². The summed E-state index contributed by atoms with van der Waals surface area (Å²) in [5, 5.41) is 28.6. The third kappa shape index (κ3) is 11.5. The fourth-order valence-corrected chi connectivity index (χ4v) is 3.61. The largest absolute Gasteiger partial charge is 0.394 e. The van der Waals surface area contributed by atoms with E-state index in [0.717, 1.165) is 12.8 Å². The van der Waals surface area contributed by atoms with Gasteiger partial charge in [-0.25, -0.2) is 0 Å². The topological polar surface area (TPSA) is 79.2 Å². The van der Waals surface area contributed by atoms with E-state index in [2.05, 4.69) is 19.1 Å². The van der Waals surface area contributed by atoms with Crippen LogP contribution in [0.5, 0.6) is 0 Å². The molecule has 5 heteroatoms. The van der Waals surface area contributed by atoms with Gasteiger partial charge in [0.25, 0.3) is 0 Å². The van der Waals surface area contributed by atoms with Gasteiger partial charge in [0.15, 0.2) is 0 Å². The number of hydrogen-bond donors (Lipinski definition) is 3. The lowest BCUT2D eigenvalue weighted by Gasteiger charge is -2.20. The standard InChI is InChI=1S/C23H44O5/c1-2-3-4-5-6-7-8-9-10-11-12-13-14-15-16-17-27-21-19-28-23(22(21)26)20(25)18-24/h6-7,20-26H,2-5,8-19H2,1H3/b7-6+/t20-,21+,22+,23+/m0/s1. The highest BCUT2D eigenvalue weighted by Gasteiger charge is 2.40. The Balaban J connectivity index is 1.84. The molecule has 1 rings (SSSR count). The van der Waals surface area contributed by atoms with Crippen LogP contribution in [0.2, 0.25) is 0 Å². The SMILES string of the molecule is CCCCC/C=C/CCCCCCCCCCO[C@@H]1CO[C@H]([C@@H](O)CO)[C@@H]1O. The Hall–Kier alpha value is -0.460. The van der Waals surface area contributed by atoms with Crippen molar-refractivity contribution >= 4 is 0 Å². The third-order valence-electron chi connectivity index (χ3n) is 5.47. The van der Waals surface area contributed by atoms with Crippen LogP contribution >= 0.6 is 0 Å². The van der Waals surface area contributed by atoms with Gasteiger partial charge in [0.1, 0.15) is 24.4 Å². The molecule has 1 heterocycles. The molecule has 0 aromatic rings. The average molecular weight is 401 g/mol. The van der Waals surface area contributed by atoms with Crippen LogP contribution in [0, 0.1) is 0 Å². The first-order valence-corrected chi connectivity index (χ1v) is 11.6. The zero-order valence-corrected chi connectivity index (χ0v) is 17.9. The Morgan fingerprint density at radius 1 is 0.929 bits per heavy atom. The minimum Gasteiger partial charge on any atom is -0.394 e. The molecule has 3 N–H and O–H groups in total. The summed E-state index contributed by atoms with van der Waals surface area (Å²) in [7, 11) is 0. The monoisotopic (exact) mass is 400 g/mol. The Labute approximate surface area is 172 Å². The molecular weight excluding hydrogens is 356 g/mol. The van der Waals surface area contributed by atoms with Crippen LogP contribution in [0.15, 0.2) is 12.2 Å². The lowest BCUT2D eigenvalue weighted by atomic mass is 10.1. The Morgan fingerprint density at radius 2 is 1.50 bits per heavy atom. The maximum atomic E-state index is 10.1. The minimum absolute atomic E-state index is 0.275. The van der Waals surface area contributed by atoms with Crippen molar-refractivity contribution in [1.29, 1.82) is 0 Å². The number of aliphatic hydroxyl groups is 3. The quantitative estimate of drug-likeness (QED) is 0.238. The molecule has 4 atom stereocenters. The first-order chi connectivity index (χ1) is 13.7. The summed E-state index contributed by atoms with van der Waals surface area (Å²) in [4.78, 5) is 0. The second kappa shape index (κ2) is 17.4. The van der Waals surface area contributed by atoms with Gasteiger partial charge >= 0.3 is 0 Å². The summed E-state index contributed by atoms with van der Waals surface area (Å²) in [5.74, 6) is 0. The first-order valence-electron chi connectivity index (χ1n) is 11.6. The van der Waals surface area contributed by atoms with Crippen LogP contribution in [0.3, 0.4) is 0 Å². The second-order valence-corrected chi connectivity index (χ2v) is 8.03. The number of allylic oxidation sites excluding steroid dienone is 2. The first kappa shape index (κ1) is 25.6. The van der Waals surface area contributed by atoms with Crippen molar-refractivity contribution in [1.82, 2.24) is 0 Å². The Kier molecular flexibility index (Phi) is 15.9. The lowest BCUT2D eigenvalue weighted by molar-refractivity contribution is -0.0730. The van der Waals surface area contributed by atoms with Crippen molar-refractivity contribution in [3.63, 3.8) is 0 Å². The van der Waals surface area contributed by atoms with Gasteiger partial charge < -0.3 is 24.8 Å². The summed E-state index contributed by atoms with van der Waals surface area (Å²) < 4.78 is 11.0. The molecule has 0 amide bonds. The van der Waals surface area contributed by atoms with Crippen molar-refractivity contribution < 1.29 is 24.8 Å². The molecule has 0 aromatic carbocycles. The van der Waals surface area contributed by atoms with E-state index in [0.29, 0.717) is 6.61 Å².